The van der Waals surface area contributed by atoms with Crippen LogP contribution in [0.2, 0.25) is 0 Å². The summed E-state index contributed by atoms with van der Waals surface area (Å²) in [6.45, 7) is 4.43. The molecule has 1 saturated carbocycles. The highest BCUT2D eigenvalue weighted by Gasteiger charge is 2.36. The maximum absolute atomic E-state index is 14.0. The van der Waals surface area contributed by atoms with Crippen molar-refractivity contribution in [2.75, 3.05) is 25.0 Å². The number of piperidine rings is 1. The predicted molar refractivity (Wildman–Crippen MR) is 130 cm³/mol. The highest BCUT2D eigenvalue weighted by molar-refractivity contribution is 5.65. The predicted octanol–water partition coefficient (Wildman–Crippen LogP) is 3.36. The first-order valence-corrected chi connectivity index (χ1v) is 11.9. The molecule has 9 heteroatoms. The van der Waals surface area contributed by atoms with Crippen LogP contribution < -0.4 is 22.0 Å². The summed E-state index contributed by atoms with van der Waals surface area (Å²) in [4.78, 5) is 19.2. The van der Waals surface area contributed by atoms with Crippen LogP contribution in [0.5, 0.6) is 0 Å². The van der Waals surface area contributed by atoms with Crippen LogP contribution in [0, 0.1) is 6.92 Å². The molecule has 34 heavy (non-hydrogen) atoms. The van der Waals surface area contributed by atoms with Crippen molar-refractivity contribution in [2.24, 2.45) is 11.6 Å². The number of pyridine rings is 2. The first-order valence-electron chi connectivity index (χ1n) is 11.9. The van der Waals surface area contributed by atoms with E-state index >= 15 is 0 Å². The highest BCUT2D eigenvalue weighted by Crippen LogP contribution is 2.40. The Morgan fingerprint density at radius 2 is 2.06 bits per heavy atom. The molecule has 0 atom stereocenters. The zero-order chi connectivity index (χ0) is 24.6. The summed E-state index contributed by atoms with van der Waals surface area (Å²) in [5, 5.41) is 1.40. The number of allylic oxidation sites excluding steroid dienone is 1. The number of nitrogens with zero attached hydrogens (tertiary/aromatic N) is 4. The van der Waals surface area contributed by atoms with E-state index in [4.69, 9.17) is 16.6 Å². The molecule has 4 N–H and O–H groups in total. The fraction of sp³-hybridized carbons (Fsp3) is 0.520. The van der Waals surface area contributed by atoms with Crippen LogP contribution in [0.4, 0.5) is 14.5 Å². The molecular weight excluding hydrogens is 438 g/mol. The number of nitrogens with two attached hydrogens (primary N) is 2. The maximum Gasteiger partial charge on any atom is 0.265 e. The van der Waals surface area contributed by atoms with Crippen LogP contribution in [-0.4, -0.2) is 40.6 Å². The Bertz CT molecular complexity index is 1150. The van der Waals surface area contributed by atoms with Crippen LogP contribution in [0.25, 0.3) is 5.70 Å². The van der Waals surface area contributed by atoms with Crippen molar-refractivity contribution in [2.45, 2.75) is 64.3 Å². The van der Waals surface area contributed by atoms with Gasteiger partial charge in [-0.05, 0) is 61.8 Å². The van der Waals surface area contributed by atoms with Gasteiger partial charge in [0.2, 0.25) is 0 Å². The van der Waals surface area contributed by atoms with E-state index in [0.717, 1.165) is 24.0 Å². The molecule has 2 fully saturated rings. The zero-order valence-corrected chi connectivity index (χ0v) is 20.2. The van der Waals surface area contributed by atoms with Crippen LogP contribution in [-0.2, 0) is 13.0 Å². The molecule has 184 valence electrons. The largest absolute Gasteiger partial charge is 0.395 e. The number of likely N-dealkylation sites (N-methyl/N-ethyl adjacent to an activating group) is 1. The average Bonchev–Trinajstić information content (AvgIpc) is 3.62. The summed E-state index contributed by atoms with van der Waals surface area (Å²) in [6.07, 6.45) is 5.05. The summed E-state index contributed by atoms with van der Waals surface area (Å²) in [5.74, 6) is 3.90. The molecule has 7 nitrogen and oxygen atoms in total. The summed E-state index contributed by atoms with van der Waals surface area (Å²) >= 11 is 0. The van der Waals surface area contributed by atoms with E-state index in [1.807, 2.05) is 26.1 Å². The monoisotopic (exact) mass is 472 g/mol. The normalized spacial score (nSPS) is 18.6. The summed E-state index contributed by atoms with van der Waals surface area (Å²) in [7, 11) is 1.67. The molecule has 4 rings (SSSR count). The molecule has 0 amide bonds. The summed E-state index contributed by atoms with van der Waals surface area (Å²) in [6, 6.07) is 5.27. The number of hydrogen-bond acceptors (Lipinski definition) is 6. The molecule has 0 unspecified atom stereocenters. The van der Waals surface area contributed by atoms with Crippen LogP contribution >= 0.6 is 0 Å². The van der Waals surface area contributed by atoms with E-state index in [9.17, 15) is 13.6 Å². The number of hydrogen-bond donors (Lipinski definition) is 2. The van der Waals surface area contributed by atoms with E-state index in [-0.39, 0.29) is 25.1 Å². The molecular formula is C25H34F2N6O. The lowest BCUT2D eigenvalue weighted by Gasteiger charge is -2.35. The van der Waals surface area contributed by atoms with Crippen LogP contribution in [0.1, 0.15) is 61.0 Å². The van der Waals surface area contributed by atoms with E-state index in [1.54, 1.807) is 28.6 Å². The third-order valence-corrected chi connectivity index (χ3v) is 6.74. The van der Waals surface area contributed by atoms with Gasteiger partial charge in [0.05, 0.1) is 41.6 Å². The molecule has 1 aliphatic carbocycles. The van der Waals surface area contributed by atoms with Crippen molar-refractivity contribution in [3.05, 3.63) is 63.0 Å². The first-order chi connectivity index (χ1) is 16.1. The van der Waals surface area contributed by atoms with E-state index in [1.165, 1.54) is 5.01 Å². The zero-order valence-electron chi connectivity index (χ0n) is 20.2. The van der Waals surface area contributed by atoms with Crippen LogP contribution in [0.15, 0.2) is 34.9 Å². The fourth-order valence-corrected chi connectivity index (χ4v) is 4.72. The van der Waals surface area contributed by atoms with Gasteiger partial charge in [0.1, 0.15) is 0 Å². The standard InChI is InChI=1S/C25H34F2N6O/c1-4-19-21(32-11-5-10-25(26,27)15-32)9-8-20(30-19)24(28)22(31(3)29)14-33-13-16(2)18(12-23(33)34)17-6-7-17/h8-9,12-13,17H,4-7,10-11,14-15,28-29H2,1-3H3/b24-22-. The maximum atomic E-state index is 14.0. The Hall–Kier alpha value is -2.94. The third kappa shape index (κ3) is 5.09. The molecule has 0 aromatic carbocycles. The van der Waals surface area contributed by atoms with Crippen molar-refractivity contribution in [3.8, 4) is 0 Å². The smallest absolute Gasteiger partial charge is 0.265 e. The lowest BCUT2D eigenvalue weighted by molar-refractivity contribution is -0.0117. The molecule has 2 aromatic heterocycles. The molecule has 2 aliphatic rings. The van der Waals surface area contributed by atoms with Gasteiger partial charge in [-0.3, -0.25) is 4.79 Å². The van der Waals surface area contributed by atoms with Gasteiger partial charge in [-0.1, -0.05) is 6.92 Å². The van der Waals surface area contributed by atoms with Crippen molar-refractivity contribution >= 4 is 11.4 Å². The molecule has 3 heterocycles. The van der Waals surface area contributed by atoms with Gasteiger partial charge < -0.3 is 20.2 Å². The number of anilines is 1. The van der Waals surface area contributed by atoms with Crippen molar-refractivity contribution in [3.63, 3.8) is 0 Å². The Labute approximate surface area is 199 Å². The Morgan fingerprint density at radius 3 is 2.68 bits per heavy atom. The summed E-state index contributed by atoms with van der Waals surface area (Å²) in [5.41, 5.74) is 11.4. The second-order valence-corrected chi connectivity index (χ2v) is 9.52. The summed E-state index contributed by atoms with van der Waals surface area (Å²) < 4.78 is 29.6. The van der Waals surface area contributed by atoms with Crippen LogP contribution in [0.3, 0.4) is 0 Å². The van der Waals surface area contributed by atoms with Gasteiger partial charge in [0.25, 0.3) is 11.5 Å². The van der Waals surface area contributed by atoms with Gasteiger partial charge in [0, 0.05) is 32.3 Å². The number of rotatable bonds is 7. The van der Waals surface area contributed by atoms with E-state index in [0.29, 0.717) is 53.8 Å². The Balaban J connectivity index is 1.66. The Kier molecular flexibility index (Phi) is 6.66. The number of aromatic nitrogens is 2. The number of hydrazine groups is 1. The van der Waals surface area contributed by atoms with Crippen molar-refractivity contribution in [1.82, 2.24) is 14.6 Å². The number of alkyl halides is 2. The lowest BCUT2D eigenvalue weighted by Crippen LogP contribution is -2.43. The second kappa shape index (κ2) is 9.37. The SMILES string of the molecule is CCc1nc(/C(N)=C(\Cn2cc(C)c(C3CC3)cc2=O)N(C)N)ccc1N1CCCC(F)(F)C1. The van der Waals surface area contributed by atoms with Gasteiger partial charge in [-0.2, -0.15) is 0 Å². The number of aryl methyl sites for hydroxylation is 2. The third-order valence-electron chi connectivity index (χ3n) is 6.74. The fourth-order valence-electron chi connectivity index (χ4n) is 4.72. The first kappa shape index (κ1) is 24.2. The molecule has 1 aliphatic heterocycles. The van der Waals surface area contributed by atoms with Gasteiger partial charge in [-0.25, -0.2) is 19.6 Å². The number of halogens is 2. The average molecular weight is 473 g/mol. The molecule has 2 aromatic rings. The molecule has 1 saturated heterocycles. The molecule has 0 spiro atoms. The molecule has 0 radical (unpaired) electrons. The van der Waals surface area contributed by atoms with E-state index < -0.39 is 5.92 Å². The quantitative estimate of drug-likeness (QED) is 0.474. The minimum atomic E-state index is -2.70. The Morgan fingerprint density at radius 1 is 1.32 bits per heavy atom. The molecule has 0 bridgehead atoms. The van der Waals surface area contributed by atoms with Gasteiger partial charge in [-0.15, -0.1) is 0 Å². The second-order valence-electron chi connectivity index (χ2n) is 9.52. The van der Waals surface area contributed by atoms with Gasteiger partial charge in [0.15, 0.2) is 0 Å². The van der Waals surface area contributed by atoms with Crippen molar-refractivity contribution in [1.29, 1.82) is 0 Å². The minimum absolute atomic E-state index is 0.0845. The van der Waals surface area contributed by atoms with E-state index in [2.05, 4.69) is 0 Å². The van der Waals surface area contributed by atoms with Gasteiger partial charge >= 0.3 is 0 Å². The van der Waals surface area contributed by atoms with Crippen molar-refractivity contribution < 1.29 is 8.78 Å². The highest BCUT2D eigenvalue weighted by atomic mass is 19.3. The lowest BCUT2D eigenvalue weighted by atomic mass is 10.0. The topological polar surface area (TPSA) is 93.4 Å². The minimum Gasteiger partial charge on any atom is -0.395 e.